The summed E-state index contributed by atoms with van der Waals surface area (Å²) in [5.74, 6) is 0.340. The number of pyridine rings is 1. The standard InChI is InChI=1S/C16H18N2O/c1-11-10-13(7-8-15(11)19)18-14-6-2-4-12-5-3-9-17-16(12)14/h3,5,7-10,14,18-19H,2,4,6H2,1H3. The number of anilines is 1. The van der Waals surface area contributed by atoms with Gasteiger partial charge in [0.2, 0.25) is 0 Å². The van der Waals surface area contributed by atoms with E-state index >= 15 is 0 Å². The lowest BCUT2D eigenvalue weighted by Crippen LogP contribution is -2.18. The SMILES string of the molecule is Cc1cc(NC2CCCc3cccnc32)ccc1O. The predicted octanol–water partition coefficient (Wildman–Crippen LogP) is 3.59. The number of aromatic nitrogens is 1. The second-order valence-corrected chi connectivity index (χ2v) is 5.14. The molecule has 98 valence electrons. The quantitative estimate of drug-likeness (QED) is 0.805. The van der Waals surface area contributed by atoms with Crippen molar-refractivity contribution in [1.29, 1.82) is 0 Å². The molecule has 1 aromatic heterocycles. The summed E-state index contributed by atoms with van der Waals surface area (Å²) < 4.78 is 0. The largest absolute Gasteiger partial charge is 0.508 e. The van der Waals surface area contributed by atoms with Gasteiger partial charge in [0, 0.05) is 11.9 Å². The number of phenolic OH excluding ortho intramolecular Hbond substituents is 1. The van der Waals surface area contributed by atoms with Crippen molar-refractivity contribution in [2.75, 3.05) is 5.32 Å². The summed E-state index contributed by atoms with van der Waals surface area (Å²) in [6.07, 6.45) is 5.27. The van der Waals surface area contributed by atoms with Gasteiger partial charge in [-0.15, -0.1) is 0 Å². The van der Waals surface area contributed by atoms with Crippen LogP contribution < -0.4 is 5.32 Å². The minimum Gasteiger partial charge on any atom is -0.508 e. The average Bonchev–Trinajstić information content (AvgIpc) is 2.43. The van der Waals surface area contributed by atoms with E-state index in [0.717, 1.165) is 24.1 Å². The molecule has 3 nitrogen and oxygen atoms in total. The van der Waals surface area contributed by atoms with E-state index in [1.165, 1.54) is 17.7 Å². The molecule has 1 unspecified atom stereocenters. The second-order valence-electron chi connectivity index (χ2n) is 5.14. The van der Waals surface area contributed by atoms with Gasteiger partial charge in [-0.1, -0.05) is 6.07 Å². The number of aromatic hydroxyl groups is 1. The van der Waals surface area contributed by atoms with E-state index < -0.39 is 0 Å². The number of nitrogens with one attached hydrogen (secondary N) is 1. The van der Waals surface area contributed by atoms with Crippen molar-refractivity contribution < 1.29 is 5.11 Å². The summed E-state index contributed by atoms with van der Waals surface area (Å²) >= 11 is 0. The van der Waals surface area contributed by atoms with Crippen LogP contribution in [0.3, 0.4) is 0 Å². The Hall–Kier alpha value is -2.03. The molecule has 0 bridgehead atoms. The minimum absolute atomic E-state index is 0.272. The van der Waals surface area contributed by atoms with Crippen LogP contribution in [0.15, 0.2) is 36.5 Å². The molecule has 3 heteroatoms. The molecule has 1 aliphatic rings. The lowest BCUT2D eigenvalue weighted by atomic mass is 9.91. The van der Waals surface area contributed by atoms with Crippen LogP contribution in [-0.2, 0) is 6.42 Å². The van der Waals surface area contributed by atoms with Gasteiger partial charge >= 0.3 is 0 Å². The fourth-order valence-corrected chi connectivity index (χ4v) is 2.70. The highest BCUT2D eigenvalue weighted by Gasteiger charge is 2.20. The summed E-state index contributed by atoms with van der Waals surface area (Å²) in [6, 6.07) is 10.1. The molecule has 1 atom stereocenters. The van der Waals surface area contributed by atoms with E-state index in [1.807, 2.05) is 31.3 Å². The Bertz CT molecular complexity index is 595. The van der Waals surface area contributed by atoms with Crippen LogP contribution in [0.2, 0.25) is 0 Å². The Morgan fingerprint density at radius 1 is 1.32 bits per heavy atom. The first-order chi connectivity index (χ1) is 9.24. The Balaban J connectivity index is 1.86. The predicted molar refractivity (Wildman–Crippen MR) is 76.4 cm³/mol. The number of rotatable bonds is 2. The van der Waals surface area contributed by atoms with Crippen molar-refractivity contribution >= 4 is 5.69 Å². The molecule has 1 aromatic carbocycles. The molecular weight excluding hydrogens is 236 g/mol. The Labute approximate surface area is 113 Å². The van der Waals surface area contributed by atoms with E-state index in [1.54, 1.807) is 6.07 Å². The number of hydrogen-bond donors (Lipinski definition) is 2. The van der Waals surface area contributed by atoms with Crippen LogP contribution in [0.4, 0.5) is 5.69 Å². The molecule has 0 aliphatic heterocycles. The second kappa shape index (κ2) is 4.92. The van der Waals surface area contributed by atoms with Crippen LogP contribution in [0, 0.1) is 6.92 Å². The van der Waals surface area contributed by atoms with Gasteiger partial charge in [0.15, 0.2) is 0 Å². The Kier molecular flexibility index (Phi) is 3.11. The normalized spacial score (nSPS) is 17.8. The van der Waals surface area contributed by atoms with Crippen LogP contribution in [0.1, 0.15) is 35.7 Å². The molecule has 1 aliphatic carbocycles. The summed E-state index contributed by atoms with van der Waals surface area (Å²) in [4.78, 5) is 4.52. The summed E-state index contributed by atoms with van der Waals surface area (Å²) in [5.41, 5.74) is 4.45. The number of hydrogen-bond acceptors (Lipinski definition) is 3. The molecule has 0 amide bonds. The Morgan fingerprint density at radius 2 is 2.21 bits per heavy atom. The molecule has 0 saturated carbocycles. The molecule has 2 N–H and O–H groups in total. The van der Waals surface area contributed by atoms with Gasteiger partial charge in [-0.2, -0.15) is 0 Å². The summed E-state index contributed by atoms with van der Waals surface area (Å²) in [7, 11) is 0. The molecule has 0 saturated heterocycles. The number of phenols is 1. The molecule has 19 heavy (non-hydrogen) atoms. The average molecular weight is 254 g/mol. The van der Waals surface area contributed by atoms with Crippen molar-refractivity contribution in [1.82, 2.24) is 4.98 Å². The van der Waals surface area contributed by atoms with Gasteiger partial charge in [-0.25, -0.2) is 0 Å². The molecule has 1 heterocycles. The first kappa shape index (κ1) is 12.0. The molecule has 3 rings (SSSR count). The molecular formula is C16H18N2O. The monoisotopic (exact) mass is 254 g/mol. The van der Waals surface area contributed by atoms with E-state index in [9.17, 15) is 5.11 Å². The van der Waals surface area contributed by atoms with E-state index in [2.05, 4.69) is 16.4 Å². The molecule has 0 spiro atoms. The zero-order valence-electron chi connectivity index (χ0n) is 11.1. The van der Waals surface area contributed by atoms with Crippen molar-refractivity contribution in [2.24, 2.45) is 0 Å². The molecule has 0 radical (unpaired) electrons. The number of nitrogens with zero attached hydrogens (tertiary/aromatic N) is 1. The van der Waals surface area contributed by atoms with Gasteiger partial charge in [0.1, 0.15) is 5.75 Å². The smallest absolute Gasteiger partial charge is 0.118 e. The van der Waals surface area contributed by atoms with Gasteiger partial charge in [0.05, 0.1) is 11.7 Å². The topological polar surface area (TPSA) is 45.2 Å². The van der Waals surface area contributed by atoms with E-state index in [-0.39, 0.29) is 6.04 Å². The third-order valence-electron chi connectivity index (χ3n) is 3.73. The van der Waals surface area contributed by atoms with Crippen LogP contribution in [-0.4, -0.2) is 10.1 Å². The highest BCUT2D eigenvalue weighted by molar-refractivity contribution is 5.52. The summed E-state index contributed by atoms with van der Waals surface area (Å²) in [6.45, 7) is 1.91. The van der Waals surface area contributed by atoms with E-state index in [4.69, 9.17) is 0 Å². The Morgan fingerprint density at radius 3 is 3.05 bits per heavy atom. The number of benzene rings is 1. The van der Waals surface area contributed by atoms with E-state index in [0.29, 0.717) is 5.75 Å². The minimum atomic E-state index is 0.272. The maximum absolute atomic E-state index is 9.57. The van der Waals surface area contributed by atoms with Gasteiger partial charge in [0.25, 0.3) is 0 Å². The van der Waals surface area contributed by atoms with Crippen molar-refractivity contribution in [3.8, 4) is 5.75 Å². The maximum Gasteiger partial charge on any atom is 0.118 e. The first-order valence-corrected chi connectivity index (χ1v) is 6.74. The van der Waals surface area contributed by atoms with Crippen molar-refractivity contribution in [3.63, 3.8) is 0 Å². The van der Waals surface area contributed by atoms with Crippen LogP contribution >= 0.6 is 0 Å². The molecule has 0 fully saturated rings. The van der Waals surface area contributed by atoms with Crippen molar-refractivity contribution in [3.05, 3.63) is 53.3 Å². The van der Waals surface area contributed by atoms with Gasteiger partial charge in [-0.05, 0) is 61.6 Å². The third-order valence-corrected chi connectivity index (χ3v) is 3.73. The molecule has 2 aromatic rings. The van der Waals surface area contributed by atoms with Gasteiger partial charge < -0.3 is 10.4 Å². The van der Waals surface area contributed by atoms with Gasteiger partial charge in [-0.3, -0.25) is 4.98 Å². The maximum atomic E-state index is 9.57. The first-order valence-electron chi connectivity index (χ1n) is 6.74. The number of aryl methyl sites for hydroxylation is 2. The third kappa shape index (κ3) is 2.41. The fraction of sp³-hybridized carbons (Fsp3) is 0.312. The zero-order chi connectivity index (χ0) is 13.2. The fourth-order valence-electron chi connectivity index (χ4n) is 2.70. The lowest BCUT2D eigenvalue weighted by Gasteiger charge is -2.26. The lowest BCUT2D eigenvalue weighted by molar-refractivity contribution is 0.471. The number of fused-ring (bicyclic) bond motifs is 1. The van der Waals surface area contributed by atoms with Crippen molar-refractivity contribution in [2.45, 2.75) is 32.2 Å². The zero-order valence-corrected chi connectivity index (χ0v) is 11.1. The van der Waals surface area contributed by atoms with Crippen LogP contribution in [0.25, 0.3) is 0 Å². The highest BCUT2D eigenvalue weighted by Crippen LogP contribution is 2.31. The summed E-state index contributed by atoms with van der Waals surface area (Å²) in [5, 5.41) is 13.1. The van der Waals surface area contributed by atoms with Crippen LogP contribution in [0.5, 0.6) is 5.75 Å². The highest BCUT2D eigenvalue weighted by atomic mass is 16.3.